The number of carbonyl (C=O) groups excluding carboxylic acids is 2. The number of carbonyl (C=O) groups is 2. The Bertz CT molecular complexity index is 863. The Hall–Kier alpha value is -2.97. The summed E-state index contributed by atoms with van der Waals surface area (Å²) in [5.74, 6) is 0.515. The van der Waals surface area contributed by atoms with Crippen molar-refractivity contribution in [2.45, 2.75) is 13.5 Å². The highest BCUT2D eigenvalue weighted by Crippen LogP contribution is 2.24. The van der Waals surface area contributed by atoms with Gasteiger partial charge >= 0.3 is 6.03 Å². The second kappa shape index (κ2) is 10.2. The zero-order valence-corrected chi connectivity index (χ0v) is 17.6. The molecule has 0 radical (unpaired) electrons. The first-order valence-corrected chi connectivity index (χ1v) is 10.2. The van der Waals surface area contributed by atoms with Crippen molar-refractivity contribution in [1.29, 1.82) is 0 Å². The molecule has 0 unspecified atom stereocenters. The second-order valence-electron chi connectivity index (χ2n) is 7.16. The Morgan fingerprint density at radius 2 is 1.93 bits per heavy atom. The van der Waals surface area contributed by atoms with Crippen LogP contribution in [0.4, 0.5) is 10.5 Å². The maximum atomic E-state index is 13.4. The van der Waals surface area contributed by atoms with Gasteiger partial charge < -0.3 is 20.3 Å². The summed E-state index contributed by atoms with van der Waals surface area (Å²) in [5.41, 5.74) is 7.31. The van der Waals surface area contributed by atoms with Gasteiger partial charge in [0.15, 0.2) is 5.78 Å². The van der Waals surface area contributed by atoms with Crippen LogP contribution in [0.1, 0.15) is 23.0 Å². The molecule has 2 heterocycles. The first-order chi connectivity index (χ1) is 14.5. The predicted molar refractivity (Wildman–Crippen MR) is 116 cm³/mol. The smallest absolute Gasteiger partial charge is 0.324 e. The summed E-state index contributed by atoms with van der Waals surface area (Å²) in [6.07, 6.45) is 1.51. The van der Waals surface area contributed by atoms with Gasteiger partial charge in [0.05, 0.1) is 25.9 Å². The summed E-state index contributed by atoms with van der Waals surface area (Å²) in [5, 5.41) is 0. The molecule has 2 N–H and O–H groups in total. The summed E-state index contributed by atoms with van der Waals surface area (Å²) < 4.78 is 5.34. The lowest BCUT2D eigenvalue weighted by Gasteiger charge is -2.37. The van der Waals surface area contributed by atoms with Crippen LogP contribution in [0.2, 0.25) is 0 Å². The molecule has 0 spiro atoms. The average molecular weight is 412 g/mol. The molecular formula is C22H29N5O3. The van der Waals surface area contributed by atoms with E-state index in [0.717, 1.165) is 25.3 Å². The fraction of sp³-hybridized carbons (Fsp3) is 0.409. The number of ether oxygens (including phenoxy) is 1. The molecule has 30 heavy (non-hydrogen) atoms. The van der Waals surface area contributed by atoms with E-state index < -0.39 is 0 Å². The van der Waals surface area contributed by atoms with Crippen molar-refractivity contribution in [1.82, 2.24) is 14.8 Å². The van der Waals surface area contributed by atoms with Crippen molar-refractivity contribution in [2.24, 2.45) is 5.73 Å². The highest BCUT2D eigenvalue weighted by atomic mass is 16.5. The Kier molecular flexibility index (Phi) is 7.37. The summed E-state index contributed by atoms with van der Waals surface area (Å²) in [6, 6.07) is 10.8. The molecule has 1 aliphatic rings. The lowest BCUT2D eigenvalue weighted by Crippen LogP contribution is -2.52. The van der Waals surface area contributed by atoms with Crippen molar-refractivity contribution in [3.8, 4) is 5.75 Å². The van der Waals surface area contributed by atoms with Crippen molar-refractivity contribution in [2.75, 3.05) is 51.3 Å². The van der Waals surface area contributed by atoms with Crippen LogP contribution in [-0.2, 0) is 6.54 Å². The number of Topliss-reactive ketones (excluding diaryl/α,β-unsaturated/α-hetero) is 1. The molecule has 160 valence electrons. The van der Waals surface area contributed by atoms with Crippen LogP contribution in [-0.4, -0.2) is 73.0 Å². The molecule has 2 aromatic rings. The number of hydrogen-bond acceptors (Lipinski definition) is 6. The second-order valence-corrected chi connectivity index (χ2v) is 7.16. The number of aromatic nitrogens is 1. The Balaban J connectivity index is 1.84. The highest BCUT2D eigenvalue weighted by Gasteiger charge is 2.26. The number of benzene rings is 1. The number of nitrogens with two attached hydrogens (primary N) is 1. The van der Waals surface area contributed by atoms with Crippen molar-refractivity contribution >= 4 is 17.5 Å². The number of anilines is 1. The van der Waals surface area contributed by atoms with Gasteiger partial charge in [-0.05, 0) is 30.8 Å². The van der Waals surface area contributed by atoms with Gasteiger partial charge in [-0.15, -0.1) is 0 Å². The third-order valence-electron chi connectivity index (χ3n) is 5.34. The number of urea groups is 1. The van der Waals surface area contributed by atoms with Gasteiger partial charge in [0, 0.05) is 49.7 Å². The fourth-order valence-corrected chi connectivity index (χ4v) is 3.44. The van der Waals surface area contributed by atoms with E-state index in [1.54, 1.807) is 24.1 Å². The zero-order chi connectivity index (χ0) is 21.5. The van der Waals surface area contributed by atoms with E-state index in [4.69, 9.17) is 10.5 Å². The number of ketones is 1. The first kappa shape index (κ1) is 21.7. The summed E-state index contributed by atoms with van der Waals surface area (Å²) in [7, 11) is 1.60. The van der Waals surface area contributed by atoms with E-state index in [9.17, 15) is 9.59 Å². The van der Waals surface area contributed by atoms with Gasteiger partial charge in [-0.3, -0.25) is 14.7 Å². The van der Waals surface area contributed by atoms with Gasteiger partial charge in [-0.1, -0.05) is 13.0 Å². The molecular weight excluding hydrogens is 382 g/mol. The molecule has 0 aliphatic carbocycles. The summed E-state index contributed by atoms with van der Waals surface area (Å²) in [4.78, 5) is 35.5. The molecule has 1 aromatic heterocycles. The maximum absolute atomic E-state index is 13.4. The fourth-order valence-electron chi connectivity index (χ4n) is 3.44. The number of nitrogens with zero attached hydrogens (tertiary/aromatic N) is 4. The highest BCUT2D eigenvalue weighted by molar-refractivity contribution is 5.97. The molecule has 0 bridgehead atoms. The average Bonchev–Trinajstić information content (AvgIpc) is 2.82. The molecule has 0 saturated carbocycles. The normalized spacial score (nSPS) is 14.4. The predicted octanol–water partition coefficient (Wildman–Crippen LogP) is 2.00. The summed E-state index contributed by atoms with van der Waals surface area (Å²) >= 11 is 0. The zero-order valence-electron chi connectivity index (χ0n) is 17.6. The number of piperazine rings is 1. The number of hydrogen-bond donors (Lipinski definition) is 1. The van der Waals surface area contributed by atoms with Crippen molar-refractivity contribution in [3.63, 3.8) is 0 Å². The SMILES string of the molecule is CCN1CCN(C(=O)N(Cc2ccc(C(=O)CN)cn2)c2cccc(OC)c2)CC1. The van der Waals surface area contributed by atoms with Crippen LogP contribution < -0.4 is 15.4 Å². The molecule has 1 aliphatic heterocycles. The topological polar surface area (TPSA) is 92.0 Å². The molecule has 2 amide bonds. The molecule has 1 fully saturated rings. The van der Waals surface area contributed by atoms with Crippen LogP contribution >= 0.6 is 0 Å². The lowest BCUT2D eigenvalue weighted by atomic mass is 10.1. The molecule has 8 heteroatoms. The van der Waals surface area contributed by atoms with E-state index in [2.05, 4.69) is 16.8 Å². The van der Waals surface area contributed by atoms with Crippen LogP contribution in [0, 0.1) is 0 Å². The van der Waals surface area contributed by atoms with Crippen molar-refractivity contribution in [3.05, 3.63) is 53.9 Å². The van der Waals surface area contributed by atoms with Gasteiger partial charge in [0.25, 0.3) is 0 Å². The minimum Gasteiger partial charge on any atom is -0.497 e. The van der Waals surface area contributed by atoms with E-state index in [-0.39, 0.29) is 24.9 Å². The molecule has 0 atom stereocenters. The van der Waals surface area contributed by atoms with Gasteiger partial charge in [-0.25, -0.2) is 4.79 Å². The maximum Gasteiger partial charge on any atom is 0.324 e. The van der Waals surface area contributed by atoms with E-state index in [1.807, 2.05) is 29.2 Å². The van der Waals surface area contributed by atoms with Gasteiger partial charge in [0.2, 0.25) is 0 Å². The largest absolute Gasteiger partial charge is 0.497 e. The Morgan fingerprint density at radius 1 is 1.17 bits per heavy atom. The number of likely N-dealkylation sites (N-methyl/N-ethyl adjacent to an activating group) is 1. The van der Waals surface area contributed by atoms with Crippen LogP contribution in [0.25, 0.3) is 0 Å². The van der Waals surface area contributed by atoms with E-state index >= 15 is 0 Å². The molecule has 8 nitrogen and oxygen atoms in total. The number of amides is 2. The minimum atomic E-state index is -0.163. The quantitative estimate of drug-likeness (QED) is 0.701. The third-order valence-corrected chi connectivity index (χ3v) is 5.34. The molecule has 1 aromatic carbocycles. The number of rotatable bonds is 7. The third kappa shape index (κ3) is 5.14. The monoisotopic (exact) mass is 411 g/mol. The van der Waals surface area contributed by atoms with E-state index in [1.165, 1.54) is 6.20 Å². The standard InChI is InChI=1S/C22H29N5O3/c1-3-25-9-11-26(12-10-25)22(29)27(19-5-4-6-20(13-19)30-2)16-18-8-7-17(15-24-18)21(28)14-23/h4-8,13,15H,3,9-12,14,16,23H2,1-2H3. The van der Waals surface area contributed by atoms with Gasteiger partial charge in [-0.2, -0.15) is 0 Å². The van der Waals surface area contributed by atoms with Crippen molar-refractivity contribution < 1.29 is 14.3 Å². The van der Waals surface area contributed by atoms with E-state index in [0.29, 0.717) is 30.1 Å². The number of methoxy groups -OCH3 is 1. The van der Waals surface area contributed by atoms with Crippen LogP contribution in [0.5, 0.6) is 5.75 Å². The van der Waals surface area contributed by atoms with Gasteiger partial charge in [0.1, 0.15) is 5.75 Å². The van der Waals surface area contributed by atoms with Crippen LogP contribution in [0.3, 0.4) is 0 Å². The summed E-state index contributed by atoms with van der Waals surface area (Å²) in [6.45, 7) is 6.44. The molecule has 3 rings (SSSR count). The molecule has 1 saturated heterocycles. The first-order valence-electron chi connectivity index (χ1n) is 10.2. The Morgan fingerprint density at radius 3 is 2.53 bits per heavy atom. The lowest BCUT2D eigenvalue weighted by molar-refractivity contribution is 0.100. The number of pyridine rings is 1. The van der Waals surface area contributed by atoms with Crippen LogP contribution in [0.15, 0.2) is 42.6 Å². The Labute approximate surface area is 177 Å². The minimum absolute atomic E-state index is 0.0564.